The zero-order chi connectivity index (χ0) is 15.6. The van der Waals surface area contributed by atoms with Crippen LogP contribution >= 0.6 is 0 Å². The monoisotopic (exact) mass is 289 g/mol. The molecule has 112 valence electrons. The summed E-state index contributed by atoms with van der Waals surface area (Å²) >= 11 is 0. The van der Waals surface area contributed by atoms with Crippen molar-refractivity contribution in [2.45, 2.75) is 33.1 Å². The Balaban J connectivity index is 2.36. The van der Waals surface area contributed by atoms with Crippen molar-refractivity contribution in [3.63, 3.8) is 0 Å². The molecule has 0 bridgehead atoms. The first kappa shape index (κ1) is 15.2. The lowest BCUT2D eigenvalue weighted by atomic mass is 9.96. The average molecular weight is 289 g/mol. The molecule has 0 radical (unpaired) electrons. The van der Waals surface area contributed by atoms with Gasteiger partial charge in [-0.2, -0.15) is 4.98 Å². The van der Waals surface area contributed by atoms with Gasteiger partial charge in [-0.1, -0.05) is 20.8 Å². The maximum Gasteiger partial charge on any atom is 0.224 e. The molecule has 1 N–H and O–H groups in total. The number of nitrogens with one attached hydrogen (secondary N) is 1. The normalized spacial score (nSPS) is 11.3. The lowest BCUT2D eigenvalue weighted by Crippen LogP contribution is -2.17. The Labute approximate surface area is 124 Å². The van der Waals surface area contributed by atoms with E-state index >= 15 is 0 Å². The summed E-state index contributed by atoms with van der Waals surface area (Å²) in [5.41, 5.74) is 0.343. The van der Waals surface area contributed by atoms with E-state index in [1.165, 1.54) is 6.07 Å². The fourth-order valence-electron chi connectivity index (χ4n) is 1.74. The van der Waals surface area contributed by atoms with Crippen LogP contribution in [-0.2, 0) is 5.41 Å². The number of anilines is 1. The minimum absolute atomic E-state index is 0.191. The molecule has 0 amide bonds. The van der Waals surface area contributed by atoms with E-state index in [-0.39, 0.29) is 11.2 Å². The molecule has 21 heavy (non-hydrogen) atoms. The van der Waals surface area contributed by atoms with Crippen LogP contribution in [0.2, 0.25) is 0 Å². The van der Waals surface area contributed by atoms with Gasteiger partial charge in [-0.05, 0) is 30.7 Å². The first-order chi connectivity index (χ1) is 9.79. The molecule has 1 aromatic heterocycles. The highest BCUT2D eigenvalue weighted by Crippen LogP contribution is 2.27. The summed E-state index contributed by atoms with van der Waals surface area (Å²) < 4.78 is 19.0. The van der Waals surface area contributed by atoms with Crippen molar-refractivity contribution in [1.29, 1.82) is 0 Å². The van der Waals surface area contributed by atoms with Gasteiger partial charge in [-0.15, -0.1) is 0 Å². The fourth-order valence-corrected chi connectivity index (χ4v) is 1.74. The van der Waals surface area contributed by atoms with Crippen molar-refractivity contribution in [2.24, 2.45) is 0 Å². The topological polar surface area (TPSA) is 47.0 Å². The van der Waals surface area contributed by atoms with Gasteiger partial charge in [0.2, 0.25) is 5.88 Å². The van der Waals surface area contributed by atoms with Crippen LogP contribution in [0.15, 0.2) is 24.3 Å². The molecule has 0 aliphatic rings. The number of ether oxygens (including phenoxy) is 1. The van der Waals surface area contributed by atoms with Gasteiger partial charge in [-0.3, -0.25) is 0 Å². The summed E-state index contributed by atoms with van der Waals surface area (Å²) in [6.45, 7) is 7.80. The quantitative estimate of drug-likeness (QED) is 0.925. The molecule has 0 unspecified atom stereocenters. The van der Waals surface area contributed by atoms with Crippen LogP contribution in [-0.4, -0.2) is 17.0 Å². The molecule has 2 aromatic rings. The molecule has 1 heterocycles. The van der Waals surface area contributed by atoms with E-state index < -0.39 is 0 Å². The Morgan fingerprint density at radius 1 is 1.14 bits per heavy atom. The molecule has 0 aliphatic carbocycles. The van der Waals surface area contributed by atoms with Crippen molar-refractivity contribution >= 4 is 5.82 Å². The number of hydrogen-bond acceptors (Lipinski definition) is 4. The van der Waals surface area contributed by atoms with Gasteiger partial charge in [0.25, 0.3) is 0 Å². The van der Waals surface area contributed by atoms with Gasteiger partial charge in [-0.25, -0.2) is 9.37 Å². The Bertz CT molecular complexity index is 650. The summed E-state index contributed by atoms with van der Waals surface area (Å²) in [5, 5.41) is 3.00. The fraction of sp³-hybridized carbons (Fsp3) is 0.375. The third kappa shape index (κ3) is 3.68. The summed E-state index contributed by atoms with van der Waals surface area (Å²) in [6, 6.07) is 6.33. The summed E-state index contributed by atoms with van der Waals surface area (Å²) in [4.78, 5) is 8.87. The Kier molecular flexibility index (Phi) is 4.11. The van der Waals surface area contributed by atoms with Gasteiger partial charge in [0.1, 0.15) is 23.2 Å². The maximum atomic E-state index is 13.3. The SMILES string of the molecule is CNc1cc(Oc2ccc(F)c(C)c2)nc(C(C)(C)C)n1. The van der Waals surface area contributed by atoms with E-state index in [4.69, 9.17) is 4.74 Å². The second kappa shape index (κ2) is 5.68. The van der Waals surface area contributed by atoms with Crippen molar-refractivity contribution in [3.8, 4) is 11.6 Å². The molecule has 0 saturated heterocycles. The van der Waals surface area contributed by atoms with Crippen LogP contribution < -0.4 is 10.1 Å². The first-order valence-corrected chi connectivity index (χ1v) is 6.81. The molecule has 0 spiro atoms. The standard InChI is InChI=1S/C16H20FN3O/c1-10-8-11(6-7-12(10)17)21-14-9-13(18-5)19-15(20-14)16(2,3)4/h6-9H,1-5H3,(H,18,19,20). The molecule has 4 nitrogen and oxygen atoms in total. The van der Waals surface area contributed by atoms with Crippen LogP contribution in [0.1, 0.15) is 32.2 Å². The van der Waals surface area contributed by atoms with Gasteiger partial charge in [0.15, 0.2) is 0 Å². The number of rotatable bonds is 3. The summed E-state index contributed by atoms with van der Waals surface area (Å²) in [7, 11) is 1.79. The van der Waals surface area contributed by atoms with Crippen molar-refractivity contribution < 1.29 is 9.13 Å². The molecule has 5 heteroatoms. The zero-order valence-corrected chi connectivity index (χ0v) is 13.0. The molecule has 0 atom stereocenters. The molecular weight excluding hydrogens is 269 g/mol. The number of aromatic nitrogens is 2. The van der Waals surface area contributed by atoms with Crippen molar-refractivity contribution in [3.05, 3.63) is 41.5 Å². The molecule has 0 saturated carbocycles. The minimum Gasteiger partial charge on any atom is -0.439 e. The van der Waals surface area contributed by atoms with Gasteiger partial charge in [0.05, 0.1) is 0 Å². The van der Waals surface area contributed by atoms with E-state index in [1.807, 2.05) is 20.8 Å². The largest absolute Gasteiger partial charge is 0.439 e. The van der Waals surface area contributed by atoms with E-state index in [2.05, 4.69) is 15.3 Å². The summed E-state index contributed by atoms with van der Waals surface area (Å²) in [5.74, 6) is 2.10. The summed E-state index contributed by atoms with van der Waals surface area (Å²) in [6.07, 6.45) is 0. The minimum atomic E-state index is -0.253. The lowest BCUT2D eigenvalue weighted by molar-refractivity contribution is 0.445. The number of halogens is 1. The van der Waals surface area contributed by atoms with Gasteiger partial charge in [0, 0.05) is 18.5 Å². The van der Waals surface area contributed by atoms with E-state index in [0.29, 0.717) is 28.8 Å². The highest BCUT2D eigenvalue weighted by Gasteiger charge is 2.19. The maximum absolute atomic E-state index is 13.3. The smallest absolute Gasteiger partial charge is 0.224 e. The van der Waals surface area contributed by atoms with E-state index in [1.54, 1.807) is 32.2 Å². The predicted octanol–water partition coefficient (Wildman–Crippen LogP) is 4.06. The zero-order valence-electron chi connectivity index (χ0n) is 13.0. The van der Waals surface area contributed by atoms with E-state index in [0.717, 1.165) is 0 Å². The van der Waals surface area contributed by atoms with E-state index in [9.17, 15) is 4.39 Å². The number of aryl methyl sites for hydroxylation is 1. The van der Waals surface area contributed by atoms with Crippen LogP contribution in [0, 0.1) is 12.7 Å². The second-order valence-electron chi connectivity index (χ2n) is 5.93. The molecule has 2 rings (SSSR count). The highest BCUT2D eigenvalue weighted by atomic mass is 19.1. The van der Waals surface area contributed by atoms with Crippen molar-refractivity contribution in [2.75, 3.05) is 12.4 Å². The molecule has 1 aromatic carbocycles. The third-order valence-electron chi connectivity index (χ3n) is 2.98. The van der Waals surface area contributed by atoms with Crippen molar-refractivity contribution in [1.82, 2.24) is 9.97 Å². The lowest BCUT2D eigenvalue weighted by Gasteiger charge is -2.18. The molecular formula is C16H20FN3O. The molecule has 0 aliphatic heterocycles. The third-order valence-corrected chi connectivity index (χ3v) is 2.98. The van der Waals surface area contributed by atoms with Crippen LogP contribution in [0.3, 0.4) is 0 Å². The Hall–Kier alpha value is -2.17. The van der Waals surface area contributed by atoms with Crippen LogP contribution in [0.25, 0.3) is 0 Å². The number of benzene rings is 1. The Morgan fingerprint density at radius 2 is 1.86 bits per heavy atom. The number of nitrogens with zero attached hydrogens (tertiary/aromatic N) is 2. The Morgan fingerprint density at radius 3 is 2.43 bits per heavy atom. The second-order valence-corrected chi connectivity index (χ2v) is 5.93. The van der Waals surface area contributed by atoms with Gasteiger partial charge >= 0.3 is 0 Å². The van der Waals surface area contributed by atoms with Crippen LogP contribution in [0.5, 0.6) is 11.6 Å². The average Bonchev–Trinajstić information content (AvgIpc) is 2.41. The van der Waals surface area contributed by atoms with Crippen LogP contribution in [0.4, 0.5) is 10.2 Å². The molecule has 0 fully saturated rings. The highest BCUT2D eigenvalue weighted by molar-refractivity contribution is 5.40. The predicted molar refractivity (Wildman–Crippen MR) is 81.5 cm³/mol. The number of hydrogen-bond donors (Lipinski definition) is 1. The van der Waals surface area contributed by atoms with Gasteiger partial charge < -0.3 is 10.1 Å². The first-order valence-electron chi connectivity index (χ1n) is 6.81.